The fraction of sp³-hybridized carbons (Fsp3) is 0.154. The summed E-state index contributed by atoms with van der Waals surface area (Å²) < 4.78 is 30.1. The molecule has 0 aliphatic heterocycles. The van der Waals surface area contributed by atoms with Gasteiger partial charge in [-0.15, -0.1) is 11.3 Å². The van der Waals surface area contributed by atoms with Crippen LogP contribution in [-0.4, -0.2) is 26.6 Å². The maximum atomic E-state index is 12.3. The van der Waals surface area contributed by atoms with Crippen LogP contribution in [0.25, 0.3) is 0 Å². The molecule has 5 nitrogen and oxygen atoms in total. The van der Waals surface area contributed by atoms with Crippen LogP contribution in [0, 0.1) is 0 Å². The molecule has 9 heteroatoms. The number of carbonyl (C=O) groups is 1. The van der Waals surface area contributed by atoms with Gasteiger partial charge < -0.3 is 9.84 Å². The third-order valence-corrected chi connectivity index (χ3v) is 7.48. The Morgan fingerprint density at radius 2 is 2.09 bits per heavy atom. The van der Waals surface area contributed by atoms with Crippen LogP contribution in [0.5, 0.6) is 5.75 Å². The van der Waals surface area contributed by atoms with Crippen LogP contribution in [-0.2, 0) is 20.3 Å². The number of halogens is 2. The van der Waals surface area contributed by atoms with Crippen molar-refractivity contribution in [3.63, 3.8) is 0 Å². The fourth-order valence-electron chi connectivity index (χ4n) is 1.72. The van der Waals surface area contributed by atoms with Gasteiger partial charge in [0, 0.05) is 4.47 Å². The normalized spacial score (nSPS) is 11.4. The van der Waals surface area contributed by atoms with Gasteiger partial charge in [0.15, 0.2) is 9.84 Å². The zero-order valence-corrected chi connectivity index (χ0v) is 15.1. The first-order valence-electron chi connectivity index (χ1n) is 5.82. The summed E-state index contributed by atoms with van der Waals surface area (Å²) in [4.78, 5) is 11.4. The highest BCUT2D eigenvalue weighted by atomic mass is 79.9. The predicted octanol–water partition coefficient (Wildman–Crippen LogP) is 3.63. The highest BCUT2D eigenvalue weighted by Gasteiger charge is 2.21. The van der Waals surface area contributed by atoms with Crippen molar-refractivity contribution in [2.24, 2.45) is 0 Å². The van der Waals surface area contributed by atoms with E-state index in [1.54, 1.807) is 0 Å². The highest BCUT2D eigenvalue weighted by Crippen LogP contribution is 2.36. The van der Waals surface area contributed by atoms with Crippen LogP contribution in [0.2, 0.25) is 4.34 Å². The van der Waals surface area contributed by atoms with Crippen molar-refractivity contribution in [3.8, 4) is 5.75 Å². The van der Waals surface area contributed by atoms with E-state index in [1.165, 1.54) is 31.4 Å². The van der Waals surface area contributed by atoms with Crippen LogP contribution in [0.3, 0.4) is 0 Å². The Bertz CT molecular complexity index is 809. The second-order valence-electron chi connectivity index (χ2n) is 4.29. The molecule has 0 aliphatic rings. The molecule has 1 N–H and O–H groups in total. The van der Waals surface area contributed by atoms with Crippen LogP contribution >= 0.6 is 38.9 Å². The summed E-state index contributed by atoms with van der Waals surface area (Å²) in [7, 11) is -2.40. The van der Waals surface area contributed by atoms with Crippen molar-refractivity contribution < 1.29 is 23.1 Å². The second kappa shape index (κ2) is 6.57. The van der Waals surface area contributed by atoms with E-state index in [-0.39, 0.29) is 21.3 Å². The molecule has 0 aliphatic carbocycles. The number of hydrogen-bond acceptors (Lipinski definition) is 6. The molecule has 0 radical (unpaired) electrons. The third kappa shape index (κ3) is 3.62. The third-order valence-electron chi connectivity index (χ3n) is 2.75. The Morgan fingerprint density at radius 1 is 1.41 bits per heavy atom. The van der Waals surface area contributed by atoms with Gasteiger partial charge in [0.25, 0.3) is 0 Å². The lowest BCUT2D eigenvalue weighted by atomic mass is 10.1. The van der Waals surface area contributed by atoms with E-state index in [1.807, 2.05) is 0 Å². The zero-order valence-electron chi connectivity index (χ0n) is 11.2. The van der Waals surface area contributed by atoms with Gasteiger partial charge >= 0.3 is 5.97 Å². The van der Waals surface area contributed by atoms with Crippen molar-refractivity contribution >= 4 is 54.7 Å². The number of phenolic OH excluding ortho intramolecular Hbond substituents is 1. The Kier molecular flexibility index (Phi) is 5.16. The Hall–Kier alpha value is -1.09. The standard InChI is InChI=1S/C13H10BrClO5S2/c1-20-13(17)8-3-2-7(4-10(8)16)6-22(18,19)11-5-9(14)12(15)21-11/h2-5,16H,6H2,1H3. The van der Waals surface area contributed by atoms with E-state index in [4.69, 9.17) is 11.6 Å². The van der Waals surface area contributed by atoms with Crippen LogP contribution in [0.15, 0.2) is 32.9 Å². The molecule has 0 saturated carbocycles. The number of thiophene rings is 1. The molecule has 118 valence electrons. The number of phenols is 1. The molecular formula is C13H10BrClO5S2. The molecule has 1 aromatic carbocycles. The quantitative estimate of drug-likeness (QED) is 0.757. The average molecular weight is 426 g/mol. The number of esters is 1. The lowest BCUT2D eigenvalue weighted by Gasteiger charge is -2.06. The van der Waals surface area contributed by atoms with Gasteiger partial charge in [-0.2, -0.15) is 0 Å². The molecule has 0 saturated heterocycles. The molecule has 22 heavy (non-hydrogen) atoms. The lowest BCUT2D eigenvalue weighted by molar-refractivity contribution is 0.0597. The van der Waals surface area contributed by atoms with Gasteiger partial charge in [-0.05, 0) is 39.7 Å². The molecule has 0 unspecified atom stereocenters. The van der Waals surface area contributed by atoms with E-state index in [0.717, 1.165) is 11.3 Å². The monoisotopic (exact) mass is 424 g/mol. The number of carbonyl (C=O) groups excluding carboxylic acids is 1. The number of rotatable bonds is 4. The maximum absolute atomic E-state index is 12.3. The van der Waals surface area contributed by atoms with E-state index >= 15 is 0 Å². The number of methoxy groups -OCH3 is 1. The Labute approximate surface area is 144 Å². The SMILES string of the molecule is COC(=O)c1ccc(CS(=O)(=O)c2cc(Br)c(Cl)s2)cc1O. The highest BCUT2D eigenvalue weighted by molar-refractivity contribution is 9.10. The molecule has 0 atom stereocenters. The number of sulfone groups is 1. The molecule has 2 rings (SSSR count). The largest absolute Gasteiger partial charge is 0.507 e. The number of aromatic hydroxyl groups is 1. The first-order chi connectivity index (χ1) is 10.2. The van der Waals surface area contributed by atoms with Crippen LogP contribution < -0.4 is 0 Å². The molecular weight excluding hydrogens is 416 g/mol. The molecule has 0 spiro atoms. The van der Waals surface area contributed by atoms with E-state index in [2.05, 4.69) is 20.7 Å². The molecule has 2 aromatic rings. The van der Waals surface area contributed by atoms with Crippen molar-refractivity contribution in [3.05, 3.63) is 44.2 Å². The maximum Gasteiger partial charge on any atom is 0.341 e. The second-order valence-corrected chi connectivity index (χ2v) is 9.01. The minimum absolute atomic E-state index is 0.0226. The number of hydrogen-bond donors (Lipinski definition) is 1. The van der Waals surface area contributed by atoms with Crippen molar-refractivity contribution in [1.82, 2.24) is 0 Å². The Balaban J connectivity index is 2.30. The topological polar surface area (TPSA) is 80.7 Å². The first kappa shape index (κ1) is 17.3. The summed E-state index contributed by atoms with van der Waals surface area (Å²) in [6.07, 6.45) is 0. The van der Waals surface area contributed by atoms with E-state index < -0.39 is 15.8 Å². The fourth-order valence-corrected chi connectivity index (χ4v) is 5.44. The molecule has 0 amide bonds. The van der Waals surface area contributed by atoms with Crippen LogP contribution in [0.1, 0.15) is 15.9 Å². The minimum atomic E-state index is -3.59. The minimum Gasteiger partial charge on any atom is -0.507 e. The summed E-state index contributed by atoms with van der Waals surface area (Å²) in [5.41, 5.74) is 0.330. The van der Waals surface area contributed by atoms with Gasteiger partial charge in [0.05, 0.1) is 12.9 Å². The molecule has 0 bridgehead atoms. The van der Waals surface area contributed by atoms with Crippen molar-refractivity contribution in [1.29, 1.82) is 0 Å². The predicted molar refractivity (Wildman–Crippen MR) is 87.4 cm³/mol. The summed E-state index contributed by atoms with van der Waals surface area (Å²) in [6, 6.07) is 5.44. The van der Waals surface area contributed by atoms with Gasteiger partial charge in [-0.3, -0.25) is 0 Å². The number of benzene rings is 1. The van der Waals surface area contributed by atoms with Gasteiger partial charge in [-0.25, -0.2) is 13.2 Å². The summed E-state index contributed by atoms with van der Waals surface area (Å²) in [6.45, 7) is 0. The van der Waals surface area contributed by atoms with Gasteiger partial charge in [0.1, 0.15) is 19.9 Å². The molecule has 1 aromatic heterocycles. The van der Waals surface area contributed by atoms with E-state index in [0.29, 0.717) is 14.4 Å². The first-order valence-corrected chi connectivity index (χ1v) is 9.46. The van der Waals surface area contributed by atoms with Gasteiger partial charge in [0.2, 0.25) is 0 Å². The van der Waals surface area contributed by atoms with Crippen molar-refractivity contribution in [2.75, 3.05) is 7.11 Å². The summed E-state index contributed by atoms with van der Waals surface area (Å²) >= 11 is 9.96. The van der Waals surface area contributed by atoms with Gasteiger partial charge in [-0.1, -0.05) is 17.7 Å². The zero-order chi connectivity index (χ0) is 16.5. The average Bonchev–Trinajstić information content (AvgIpc) is 2.78. The summed E-state index contributed by atoms with van der Waals surface area (Å²) in [5, 5.41) is 9.79. The Morgan fingerprint density at radius 3 is 2.59 bits per heavy atom. The van der Waals surface area contributed by atoms with Crippen LogP contribution in [0.4, 0.5) is 0 Å². The molecule has 0 fully saturated rings. The van der Waals surface area contributed by atoms with Crippen molar-refractivity contribution in [2.45, 2.75) is 9.96 Å². The molecule has 1 heterocycles. The lowest BCUT2D eigenvalue weighted by Crippen LogP contribution is -2.05. The summed E-state index contributed by atoms with van der Waals surface area (Å²) in [5.74, 6) is -1.34. The smallest absolute Gasteiger partial charge is 0.341 e. The van der Waals surface area contributed by atoms with E-state index in [9.17, 15) is 18.3 Å². The number of ether oxygens (including phenoxy) is 1.